The predicted octanol–water partition coefficient (Wildman–Crippen LogP) is 2.59. The van der Waals surface area contributed by atoms with E-state index in [4.69, 9.17) is 0 Å². The largest absolute Gasteiger partial charge is 0.573 e. The zero-order chi connectivity index (χ0) is 15.7. The highest BCUT2D eigenvalue weighted by Crippen LogP contribution is 2.22. The maximum absolute atomic E-state index is 12.0. The molecular weight excluding hydrogens is 285 g/mol. The zero-order valence-electron chi connectivity index (χ0n) is 11.8. The third-order valence-corrected chi connectivity index (χ3v) is 2.59. The summed E-state index contributed by atoms with van der Waals surface area (Å²) in [6.45, 7) is 3.63. The van der Waals surface area contributed by atoms with Crippen molar-refractivity contribution in [2.75, 3.05) is 13.1 Å². The third-order valence-electron chi connectivity index (χ3n) is 2.59. The van der Waals surface area contributed by atoms with Gasteiger partial charge in [-0.15, -0.1) is 13.2 Å². The van der Waals surface area contributed by atoms with Gasteiger partial charge in [-0.05, 0) is 24.1 Å². The fourth-order valence-corrected chi connectivity index (χ4v) is 1.60. The second-order valence-corrected chi connectivity index (χ2v) is 4.47. The highest BCUT2D eigenvalue weighted by atomic mass is 19.4. The van der Waals surface area contributed by atoms with Gasteiger partial charge in [-0.2, -0.15) is 0 Å². The second kappa shape index (κ2) is 8.51. The van der Waals surface area contributed by atoms with Crippen LogP contribution >= 0.6 is 0 Å². The molecule has 0 spiro atoms. The summed E-state index contributed by atoms with van der Waals surface area (Å²) in [6, 6.07) is 5.62. The van der Waals surface area contributed by atoms with Gasteiger partial charge >= 0.3 is 6.36 Å². The quantitative estimate of drug-likeness (QED) is 0.726. The molecular formula is C14H19F3N2O2. The van der Waals surface area contributed by atoms with Crippen molar-refractivity contribution in [1.29, 1.82) is 0 Å². The average molecular weight is 304 g/mol. The molecule has 0 atom stereocenters. The first kappa shape index (κ1) is 17.3. The molecule has 7 heteroatoms. The number of nitrogens with one attached hydrogen (secondary N) is 2. The molecule has 1 amide bonds. The van der Waals surface area contributed by atoms with Gasteiger partial charge in [0, 0.05) is 26.1 Å². The number of halogens is 3. The molecule has 0 aliphatic heterocycles. The van der Waals surface area contributed by atoms with Crippen LogP contribution in [-0.2, 0) is 11.3 Å². The van der Waals surface area contributed by atoms with Gasteiger partial charge in [0.2, 0.25) is 5.91 Å². The van der Waals surface area contributed by atoms with Gasteiger partial charge in [0.15, 0.2) is 0 Å². The molecule has 1 aromatic rings. The number of rotatable bonds is 8. The van der Waals surface area contributed by atoms with Gasteiger partial charge < -0.3 is 15.4 Å². The Morgan fingerprint density at radius 1 is 1.19 bits per heavy atom. The molecule has 0 fully saturated rings. The number of carbonyl (C=O) groups is 1. The van der Waals surface area contributed by atoms with E-state index in [2.05, 4.69) is 15.4 Å². The third kappa shape index (κ3) is 8.19. The molecule has 0 saturated heterocycles. The Labute approximate surface area is 121 Å². The van der Waals surface area contributed by atoms with Crippen molar-refractivity contribution in [3.63, 3.8) is 0 Å². The molecule has 0 unspecified atom stereocenters. The Morgan fingerprint density at radius 2 is 1.86 bits per heavy atom. The minimum absolute atomic E-state index is 0.0155. The minimum Gasteiger partial charge on any atom is -0.406 e. The summed E-state index contributed by atoms with van der Waals surface area (Å²) >= 11 is 0. The predicted molar refractivity (Wildman–Crippen MR) is 72.7 cm³/mol. The van der Waals surface area contributed by atoms with Crippen LogP contribution in [0.3, 0.4) is 0 Å². The summed E-state index contributed by atoms with van der Waals surface area (Å²) in [5.41, 5.74) is 0.818. The zero-order valence-corrected chi connectivity index (χ0v) is 11.8. The molecule has 0 saturated carbocycles. The molecule has 0 heterocycles. The number of hydrogen-bond donors (Lipinski definition) is 2. The van der Waals surface area contributed by atoms with E-state index in [1.165, 1.54) is 12.1 Å². The van der Waals surface area contributed by atoms with Crippen molar-refractivity contribution < 1.29 is 22.7 Å². The lowest BCUT2D eigenvalue weighted by molar-refractivity contribution is -0.274. The molecule has 0 aliphatic rings. The highest BCUT2D eigenvalue weighted by Gasteiger charge is 2.30. The average Bonchev–Trinajstić information content (AvgIpc) is 2.41. The Bertz CT molecular complexity index is 433. The number of carbonyl (C=O) groups excluding carboxylic acids is 1. The summed E-state index contributed by atoms with van der Waals surface area (Å²) in [7, 11) is 0. The van der Waals surface area contributed by atoms with E-state index in [-0.39, 0.29) is 11.7 Å². The van der Waals surface area contributed by atoms with Crippen molar-refractivity contribution in [3.8, 4) is 5.75 Å². The smallest absolute Gasteiger partial charge is 0.406 e. The van der Waals surface area contributed by atoms with Crippen LogP contribution in [0.1, 0.15) is 25.3 Å². The van der Waals surface area contributed by atoms with Crippen molar-refractivity contribution in [3.05, 3.63) is 29.8 Å². The van der Waals surface area contributed by atoms with Crippen LogP contribution in [0.4, 0.5) is 13.2 Å². The minimum atomic E-state index is -4.67. The maximum Gasteiger partial charge on any atom is 0.573 e. The van der Waals surface area contributed by atoms with E-state index in [1.54, 1.807) is 12.1 Å². The second-order valence-electron chi connectivity index (χ2n) is 4.47. The molecule has 0 radical (unpaired) electrons. The fraction of sp³-hybridized carbons (Fsp3) is 0.500. The van der Waals surface area contributed by atoms with Crippen molar-refractivity contribution >= 4 is 5.91 Å². The van der Waals surface area contributed by atoms with Crippen LogP contribution in [0.5, 0.6) is 5.75 Å². The van der Waals surface area contributed by atoms with Gasteiger partial charge in [0.25, 0.3) is 0 Å². The van der Waals surface area contributed by atoms with Crippen LogP contribution in [0.15, 0.2) is 24.3 Å². The lowest BCUT2D eigenvalue weighted by atomic mass is 10.2. The van der Waals surface area contributed by atoms with Gasteiger partial charge in [0.05, 0.1) is 0 Å². The lowest BCUT2D eigenvalue weighted by Gasteiger charge is -2.09. The first-order valence-corrected chi connectivity index (χ1v) is 6.73. The van der Waals surface area contributed by atoms with Crippen LogP contribution in [0.25, 0.3) is 0 Å². The topological polar surface area (TPSA) is 50.4 Å². The molecule has 1 rings (SSSR count). The Morgan fingerprint density at radius 3 is 2.43 bits per heavy atom. The standard InChI is InChI=1S/C14H19F3N2O2/c1-2-8-19-13(20)7-9-18-10-11-3-5-12(6-4-11)21-14(15,16)17/h3-6,18H,2,7-10H2,1H3,(H,19,20). The SMILES string of the molecule is CCCNC(=O)CCNCc1ccc(OC(F)(F)F)cc1. The van der Waals surface area contributed by atoms with Crippen LogP contribution in [0, 0.1) is 0 Å². The van der Waals surface area contributed by atoms with Crippen molar-refractivity contribution in [2.24, 2.45) is 0 Å². The van der Waals surface area contributed by atoms with Crippen LogP contribution in [-0.4, -0.2) is 25.4 Å². The summed E-state index contributed by atoms with van der Waals surface area (Å²) in [5.74, 6) is -0.261. The summed E-state index contributed by atoms with van der Waals surface area (Å²) in [5, 5.41) is 5.81. The number of amides is 1. The van der Waals surface area contributed by atoms with Crippen LogP contribution < -0.4 is 15.4 Å². The Hall–Kier alpha value is -1.76. The fourth-order valence-electron chi connectivity index (χ4n) is 1.60. The van der Waals surface area contributed by atoms with E-state index in [0.717, 1.165) is 12.0 Å². The molecule has 1 aromatic carbocycles. The van der Waals surface area contributed by atoms with E-state index in [0.29, 0.717) is 26.1 Å². The van der Waals surface area contributed by atoms with Crippen molar-refractivity contribution in [1.82, 2.24) is 10.6 Å². The first-order chi connectivity index (χ1) is 9.90. The molecule has 0 aromatic heterocycles. The molecule has 21 heavy (non-hydrogen) atoms. The number of alkyl halides is 3. The van der Waals surface area contributed by atoms with Crippen LogP contribution in [0.2, 0.25) is 0 Å². The van der Waals surface area contributed by atoms with Gasteiger partial charge in [-0.1, -0.05) is 19.1 Å². The summed E-state index contributed by atoms with van der Waals surface area (Å²) in [4.78, 5) is 11.3. The first-order valence-electron chi connectivity index (χ1n) is 6.73. The Kier molecular flexibility index (Phi) is 7.01. The van der Waals surface area contributed by atoms with Gasteiger partial charge in [0.1, 0.15) is 5.75 Å². The van der Waals surface area contributed by atoms with E-state index >= 15 is 0 Å². The molecule has 0 aliphatic carbocycles. The van der Waals surface area contributed by atoms with E-state index < -0.39 is 6.36 Å². The van der Waals surface area contributed by atoms with Gasteiger partial charge in [-0.25, -0.2) is 0 Å². The van der Waals surface area contributed by atoms with E-state index in [9.17, 15) is 18.0 Å². The summed E-state index contributed by atoms with van der Waals surface area (Å²) in [6.07, 6.45) is -3.41. The van der Waals surface area contributed by atoms with E-state index in [1.807, 2.05) is 6.92 Å². The Balaban J connectivity index is 2.25. The van der Waals surface area contributed by atoms with Gasteiger partial charge in [-0.3, -0.25) is 4.79 Å². The van der Waals surface area contributed by atoms with Crippen molar-refractivity contribution in [2.45, 2.75) is 32.7 Å². The maximum atomic E-state index is 12.0. The normalized spacial score (nSPS) is 11.2. The number of ether oxygens (including phenoxy) is 1. The highest BCUT2D eigenvalue weighted by molar-refractivity contribution is 5.75. The number of hydrogen-bond acceptors (Lipinski definition) is 3. The molecule has 4 nitrogen and oxygen atoms in total. The lowest BCUT2D eigenvalue weighted by Crippen LogP contribution is -2.28. The monoisotopic (exact) mass is 304 g/mol. The summed E-state index contributed by atoms with van der Waals surface area (Å²) < 4.78 is 39.7. The molecule has 118 valence electrons. The molecule has 0 bridgehead atoms. The number of benzene rings is 1. The molecule has 2 N–H and O–H groups in total.